The number of esters is 1. The molecule has 3 saturated carbocycles. The number of nitrogens with zero attached hydrogens (tertiary/aromatic N) is 3. The van der Waals surface area contributed by atoms with Gasteiger partial charge in [-0.1, -0.05) is 27.2 Å². The third-order valence-electron chi connectivity index (χ3n) is 11.9. The van der Waals surface area contributed by atoms with Crippen LogP contribution in [-0.2, 0) is 23.8 Å². The second-order valence-electron chi connectivity index (χ2n) is 15.5. The summed E-state index contributed by atoms with van der Waals surface area (Å²) in [6, 6.07) is 3.28. The lowest BCUT2D eigenvalue weighted by Crippen LogP contribution is -2.56. The van der Waals surface area contributed by atoms with Gasteiger partial charge < -0.3 is 34.1 Å². The first-order valence-corrected chi connectivity index (χ1v) is 18.9. The van der Waals surface area contributed by atoms with Crippen LogP contribution >= 0.6 is 0 Å². The van der Waals surface area contributed by atoms with Crippen molar-refractivity contribution in [2.24, 2.45) is 17.3 Å². The van der Waals surface area contributed by atoms with Crippen LogP contribution < -0.4 is 10.1 Å². The maximum absolute atomic E-state index is 14.9. The maximum atomic E-state index is 14.9. The first kappa shape index (κ1) is 37.7. The second kappa shape index (κ2) is 14.8. The van der Waals surface area contributed by atoms with Crippen LogP contribution in [0, 0.1) is 30.0 Å². The Morgan fingerprint density at radius 2 is 1.69 bits per heavy atom. The van der Waals surface area contributed by atoms with Crippen molar-refractivity contribution in [2.75, 3.05) is 46.0 Å². The molecule has 52 heavy (non-hydrogen) atoms. The van der Waals surface area contributed by atoms with E-state index >= 15 is 0 Å². The quantitative estimate of drug-likeness (QED) is 0.279. The Morgan fingerprint density at radius 3 is 2.35 bits per heavy atom. The first-order valence-electron chi connectivity index (χ1n) is 18.9. The van der Waals surface area contributed by atoms with E-state index in [9.17, 15) is 23.6 Å². The average molecular weight is 725 g/mol. The van der Waals surface area contributed by atoms with Gasteiger partial charge in [0.05, 0.1) is 24.3 Å². The summed E-state index contributed by atoms with van der Waals surface area (Å²) in [5.74, 6) is -0.754. The van der Waals surface area contributed by atoms with E-state index in [0.717, 1.165) is 19.3 Å². The molecule has 2 aromatic rings. The standard InChI is InChI=1S/C39H53FN4O8/c1-7-49-35(47)38(13-9-14-38)52-31-22-30(41-29-20-25(4)27(40)21-26(29)31)33(45)42-28(34(46)43-15-17-44(18-16-43)36(48)50-8-2)12-19-51-39-23-24(3)10-11-32(39)37(39,5)6/h20-22,24,28,32H,7-19,23H2,1-6H3,(H,42,45). The van der Waals surface area contributed by atoms with Crippen LogP contribution in [-0.4, -0.2) is 102 Å². The third-order valence-corrected chi connectivity index (χ3v) is 11.9. The zero-order chi connectivity index (χ0) is 37.4. The van der Waals surface area contributed by atoms with E-state index in [0.29, 0.717) is 54.2 Å². The Labute approximate surface area is 305 Å². The van der Waals surface area contributed by atoms with Crippen LogP contribution in [0.25, 0.3) is 10.9 Å². The van der Waals surface area contributed by atoms with Gasteiger partial charge in [0.1, 0.15) is 23.3 Å². The third kappa shape index (κ3) is 7.04. The van der Waals surface area contributed by atoms with Crippen molar-refractivity contribution in [2.45, 2.75) is 104 Å². The number of amides is 3. The van der Waals surface area contributed by atoms with E-state index in [1.165, 1.54) is 24.6 Å². The van der Waals surface area contributed by atoms with E-state index in [4.69, 9.17) is 18.9 Å². The minimum absolute atomic E-state index is 0.0360. The molecule has 1 saturated heterocycles. The number of benzene rings is 1. The Hall–Kier alpha value is -4.00. The number of hydrogen-bond acceptors (Lipinski definition) is 9. The highest BCUT2D eigenvalue weighted by Crippen LogP contribution is 2.71. The molecule has 4 atom stereocenters. The normalized spacial score (nSPS) is 25.0. The first-order chi connectivity index (χ1) is 24.7. The highest BCUT2D eigenvalue weighted by Gasteiger charge is 2.73. The smallest absolute Gasteiger partial charge is 0.409 e. The lowest BCUT2D eigenvalue weighted by Gasteiger charge is -2.39. The molecule has 3 aliphatic carbocycles. The topological polar surface area (TPSA) is 137 Å². The van der Waals surface area contributed by atoms with Crippen molar-refractivity contribution in [3.05, 3.63) is 35.3 Å². The molecule has 4 fully saturated rings. The van der Waals surface area contributed by atoms with Crippen molar-refractivity contribution < 1.29 is 42.5 Å². The molecule has 12 nitrogen and oxygen atoms in total. The highest BCUT2D eigenvalue weighted by molar-refractivity contribution is 5.99. The predicted octanol–water partition coefficient (Wildman–Crippen LogP) is 5.57. The number of halogens is 1. The van der Waals surface area contributed by atoms with Crippen LogP contribution in [0.1, 0.15) is 95.6 Å². The summed E-state index contributed by atoms with van der Waals surface area (Å²) in [7, 11) is 0. The molecule has 0 radical (unpaired) electrons. The average Bonchev–Trinajstić information content (AvgIpc) is 3.58. The van der Waals surface area contributed by atoms with Gasteiger partial charge in [0.25, 0.3) is 5.91 Å². The second-order valence-corrected chi connectivity index (χ2v) is 15.5. The largest absolute Gasteiger partial charge is 0.475 e. The monoisotopic (exact) mass is 724 g/mol. The van der Waals surface area contributed by atoms with Gasteiger partial charge in [0, 0.05) is 50.7 Å². The molecule has 6 rings (SSSR count). The highest BCUT2D eigenvalue weighted by atomic mass is 19.1. The molecule has 1 aliphatic heterocycles. The van der Waals surface area contributed by atoms with Crippen LogP contribution in [0.3, 0.4) is 0 Å². The van der Waals surface area contributed by atoms with Gasteiger partial charge in [-0.3, -0.25) is 9.59 Å². The number of pyridine rings is 1. The minimum Gasteiger partial charge on any atom is -0.475 e. The molecule has 1 N–H and O–H groups in total. The van der Waals surface area contributed by atoms with Gasteiger partial charge >= 0.3 is 12.1 Å². The molecule has 284 valence electrons. The molecule has 4 aliphatic rings. The molecule has 3 amide bonds. The number of piperazine rings is 1. The molecule has 2 heterocycles. The zero-order valence-electron chi connectivity index (χ0n) is 31.3. The van der Waals surface area contributed by atoms with E-state index in [-0.39, 0.29) is 67.7 Å². The number of fused-ring (bicyclic) bond motifs is 2. The molecule has 0 spiro atoms. The molecule has 13 heteroatoms. The van der Waals surface area contributed by atoms with Gasteiger partial charge in [-0.05, 0) is 87.8 Å². The summed E-state index contributed by atoms with van der Waals surface area (Å²) >= 11 is 0. The number of aromatic nitrogens is 1. The van der Waals surface area contributed by atoms with Gasteiger partial charge in [-0.25, -0.2) is 19.0 Å². The lowest BCUT2D eigenvalue weighted by atomic mass is 9.80. The Morgan fingerprint density at radius 1 is 1.00 bits per heavy atom. The summed E-state index contributed by atoms with van der Waals surface area (Å²) in [6.07, 6.45) is 4.64. The van der Waals surface area contributed by atoms with Crippen LogP contribution in [0.5, 0.6) is 5.75 Å². The minimum atomic E-state index is -1.24. The van der Waals surface area contributed by atoms with Crippen molar-refractivity contribution in [1.82, 2.24) is 20.1 Å². The number of nitrogens with one attached hydrogen (secondary N) is 1. The molecule has 0 bridgehead atoms. The Balaban J connectivity index is 1.25. The summed E-state index contributed by atoms with van der Waals surface area (Å²) < 4.78 is 38.3. The van der Waals surface area contributed by atoms with Crippen molar-refractivity contribution >= 4 is 34.8 Å². The molecular weight excluding hydrogens is 671 g/mol. The number of ether oxygens (including phenoxy) is 4. The number of hydrogen-bond donors (Lipinski definition) is 1. The Kier molecular flexibility index (Phi) is 10.7. The van der Waals surface area contributed by atoms with Crippen molar-refractivity contribution in [1.29, 1.82) is 0 Å². The fourth-order valence-corrected chi connectivity index (χ4v) is 8.57. The number of carbonyl (C=O) groups excluding carboxylic acids is 4. The number of rotatable bonds is 12. The summed E-state index contributed by atoms with van der Waals surface area (Å²) in [4.78, 5) is 61.3. The van der Waals surface area contributed by atoms with Gasteiger partial charge in [0.2, 0.25) is 11.5 Å². The number of carbonyl (C=O) groups is 4. The molecule has 1 aromatic heterocycles. The van der Waals surface area contributed by atoms with E-state index in [1.54, 1.807) is 30.6 Å². The predicted molar refractivity (Wildman–Crippen MR) is 190 cm³/mol. The van der Waals surface area contributed by atoms with Gasteiger partial charge in [-0.15, -0.1) is 0 Å². The van der Waals surface area contributed by atoms with Gasteiger partial charge in [0.15, 0.2) is 0 Å². The molecular formula is C39H53FN4O8. The fourth-order valence-electron chi connectivity index (χ4n) is 8.57. The summed E-state index contributed by atoms with van der Waals surface area (Å²) in [5, 5.41) is 3.25. The fraction of sp³-hybridized carbons (Fsp3) is 0.667. The maximum Gasteiger partial charge on any atom is 0.409 e. The van der Waals surface area contributed by atoms with Crippen LogP contribution in [0.15, 0.2) is 18.2 Å². The summed E-state index contributed by atoms with van der Waals surface area (Å²) in [5.41, 5.74) is -0.852. The van der Waals surface area contributed by atoms with Crippen LogP contribution in [0.4, 0.5) is 9.18 Å². The molecule has 4 unspecified atom stereocenters. The van der Waals surface area contributed by atoms with Crippen LogP contribution in [0.2, 0.25) is 0 Å². The van der Waals surface area contributed by atoms with E-state index < -0.39 is 35.4 Å². The van der Waals surface area contributed by atoms with Crippen molar-refractivity contribution in [3.8, 4) is 5.75 Å². The Bertz CT molecular complexity index is 1700. The van der Waals surface area contributed by atoms with E-state index in [2.05, 4.69) is 31.1 Å². The van der Waals surface area contributed by atoms with E-state index in [1.807, 2.05) is 0 Å². The van der Waals surface area contributed by atoms with Gasteiger partial charge in [-0.2, -0.15) is 0 Å². The summed E-state index contributed by atoms with van der Waals surface area (Å²) in [6.45, 7) is 13.7. The number of aryl methyl sites for hydroxylation is 1. The van der Waals surface area contributed by atoms with Crippen molar-refractivity contribution in [3.63, 3.8) is 0 Å². The lowest BCUT2D eigenvalue weighted by molar-refractivity contribution is -0.169. The molecule has 1 aromatic carbocycles. The zero-order valence-corrected chi connectivity index (χ0v) is 31.3. The SMILES string of the molecule is CCOC(=O)N1CCN(C(=O)C(CCOC23CC(C)CCC2C3(C)C)NC(=O)c2cc(OC3(C(=O)OCC)CCC3)c3cc(F)c(C)cc3n2)CC1.